The molecule has 1 aromatic carbocycles. The zero-order chi connectivity index (χ0) is 21.5. The molecular formula is C19H27N3O5S. The highest BCUT2D eigenvalue weighted by molar-refractivity contribution is 7.89. The smallest absolute Gasteiger partial charge is 0.307 e. The van der Waals surface area contributed by atoms with Crippen molar-refractivity contribution in [1.29, 1.82) is 5.26 Å². The maximum atomic E-state index is 12.3. The van der Waals surface area contributed by atoms with E-state index in [1.807, 2.05) is 13.0 Å². The Morgan fingerprint density at radius 2 is 1.93 bits per heavy atom. The lowest BCUT2D eigenvalue weighted by molar-refractivity contribution is -0.148. The number of rotatable bonds is 9. The van der Waals surface area contributed by atoms with Gasteiger partial charge in [-0.2, -0.15) is 5.26 Å². The molecule has 0 radical (unpaired) electrons. The topological polar surface area (TPSA) is 125 Å². The molecule has 0 aliphatic heterocycles. The van der Waals surface area contributed by atoms with E-state index in [2.05, 4.69) is 10.0 Å². The lowest BCUT2D eigenvalue weighted by Gasteiger charge is -2.27. The summed E-state index contributed by atoms with van der Waals surface area (Å²) in [6, 6.07) is 6.98. The van der Waals surface area contributed by atoms with Crippen molar-refractivity contribution in [2.24, 2.45) is 5.92 Å². The number of sulfonamides is 1. The van der Waals surface area contributed by atoms with Crippen molar-refractivity contribution < 1.29 is 22.7 Å². The molecule has 0 saturated heterocycles. The van der Waals surface area contributed by atoms with Gasteiger partial charge in [-0.3, -0.25) is 9.59 Å². The Labute approximate surface area is 166 Å². The molecule has 0 fully saturated rings. The van der Waals surface area contributed by atoms with Crippen LogP contribution < -0.4 is 10.0 Å². The molecule has 0 saturated carbocycles. The van der Waals surface area contributed by atoms with E-state index in [1.54, 1.807) is 39.8 Å². The summed E-state index contributed by atoms with van der Waals surface area (Å²) in [6.45, 7) is 8.03. The molecule has 0 aliphatic carbocycles. The SMILES string of the molecule is Cc1ccc(S(=O)(=O)NCCC(=O)OCC(=O)N[C@@](C)(C#N)C(C)C)c(C)c1. The van der Waals surface area contributed by atoms with Gasteiger partial charge in [0.2, 0.25) is 10.0 Å². The normalized spacial score (nSPS) is 13.5. The molecule has 1 atom stereocenters. The van der Waals surface area contributed by atoms with Gasteiger partial charge in [-0.25, -0.2) is 13.1 Å². The molecule has 2 N–H and O–H groups in total. The van der Waals surface area contributed by atoms with Crippen LogP contribution in [0.5, 0.6) is 0 Å². The molecule has 9 heteroatoms. The lowest BCUT2D eigenvalue weighted by atomic mass is 9.90. The third-order valence-corrected chi connectivity index (χ3v) is 6.01. The summed E-state index contributed by atoms with van der Waals surface area (Å²) in [4.78, 5) is 23.8. The van der Waals surface area contributed by atoms with Gasteiger partial charge in [0.1, 0.15) is 5.54 Å². The third-order valence-electron chi connectivity index (χ3n) is 4.39. The van der Waals surface area contributed by atoms with Crippen LogP contribution in [-0.4, -0.2) is 39.0 Å². The Morgan fingerprint density at radius 1 is 1.29 bits per heavy atom. The molecule has 0 aromatic heterocycles. The number of carbonyl (C=O) groups is 2. The van der Waals surface area contributed by atoms with Gasteiger partial charge in [0, 0.05) is 6.54 Å². The van der Waals surface area contributed by atoms with E-state index in [0.29, 0.717) is 5.56 Å². The Bertz CT molecular complexity index is 874. The van der Waals surface area contributed by atoms with Gasteiger partial charge in [-0.05, 0) is 38.3 Å². The van der Waals surface area contributed by atoms with E-state index < -0.39 is 34.0 Å². The van der Waals surface area contributed by atoms with Crippen molar-refractivity contribution in [3.05, 3.63) is 29.3 Å². The van der Waals surface area contributed by atoms with E-state index in [4.69, 9.17) is 10.00 Å². The van der Waals surface area contributed by atoms with Crippen LogP contribution in [0.4, 0.5) is 0 Å². The van der Waals surface area contributed by atoms with Crippen LogP contribution in [-0.2, 0) is 24.3 Å². The van der Waals surface area contributed by atoms with E-state index in [-0.39, 0.29) is 23.8 Å². The summed E-state index contributed by atoms with van der Waals surface area (Å²) in [7, 11) is -3.74. The molecule has 154 valence electrons. The number of nitrogens with zero attached hydrogens (tertiary/aromatic N) is 1. The third kappa shape index (κ3) is 6.62. The number of esters is 1. The largest absolute Gasteiger partial charge is 0.456 e. The van der Waals surface area contributed by atoms with Gasteiger partial charge in [0.15, 0.2) is 6.61 Å². The van der Waals surface area contributed by atoms with Crippen molar-refractivity contribution in [3.8, 4) is 6.07 Å². The number of nitriles is 1. The Hall–Kier alpha value is -2.44. The molecule has 0 bridgehead atoms. The van der Waals surface area contributed by atoms with E-state index in [1.165, 1.54) is 6.07 Å². The summed E-state index contributed by atoms with van der Waals surface area (Å²) in [5, 5.41) is 11.7. The summed E-state index contributed by atoms with van der Waals surface area (Å²) in [5.74, 6) is -1.44. The molecule has 1 rings (SSSR count). The van der Waals surface area contributed by atoms with Crippen LogP contribution in [0.15, 0.2) is 23.1 Å². The molecular weight excluding hydrogens is 382 g/mol. The highest BCUT2D eigenvalue weighted by atomic mass is 32.2. The first-order valence-electron chi connectivity index (χ1n) is 8.86. The fraction of sp³-hybridized carbons (Fsp3) is 0.526. The Morgan fingerprint density at radius 3 is 2.46 bits per heavy atom. The molecule has 8 nitrogen and oxygen atoms in total. The van der Waals surface area contributed by atoms with Crippen molar-refractivity contribution in [2.75, 3.05) is 13.2 Å². The average molecular weight is 410 g/mol. The maximum Gasteiger partial charge on any atom is 0.307 e. The zero-order valence-corrected chi connectivity index (χ0v) is 17.6. The van der Waals surface area contributed by atoms with E-state index in [9.17, 15) is 18.0 Å². The average Bonchev–Trinajstić information content (AvgIpc) is 2.59. The second-order valence-corrected chi connectivity index (χ2v) is 8.83. The van der Waals surface area contributed by atoms with Crippen LogP contribution in [0.2, 0.25) is 0 Å². The van der Waals surface area contributed by atoms with Gasteiger partial charge >= 0.3 is 5.97 Å². The molecule has 0 heterocycles. The summed E-state index contributed by atoms with van der Waals surface area (Å²) >= 11 is 0. The van der Waals surface area contributed by atoms with E-state index >= 15 is 0 Å². The molecule has 0 aliphatic rings. The Kier molecular flexibility index (Phi) is 8.14. The minimum atomic E-state index is -3.74. The van der Waals surface area contributed by atoms with Gasteiger partial charge in [0.25, 0.3) is 5.91 Å². The minimum Gasteiger partial charge on any atom is -0.456 e. The molecule has 0 unspecified atom stereocenters. The maximum absolute atomic E-state index is 12.3. The van der Waals surface area contributed by atoms with Gasteiger partial charge < -0.3 is 10.1 Å². The monoisotopic (exact) mass is 409 g/mol. The van der Waals surface area contributed by atoms with Crippen LogP contribution in [0.1, 0.15) is 38.3 Å². The first kappa shape index (κ1) is 23.6. The zero-order valence-electron chi connectivity index (χ0n) is 16.8. The second kappa shape index (κ2) is 9.66. The second-order valence-electron chi connectivity index (χ2n) is 7.09. The van der Waals surface area contributed by atoms with Crippen LogP contribution in [0.25, 0.3) is 0 Å². The lowest BCUT2D eigenvalue weighted by Crippen LogP contribution is -2.50. The van der Waals surface area contributed by atoms with Gasteiger partial charge in [0.05, 0.1) is 17.4 Å². The number of amides is 1. The number of ether oxygens (including phenoxy) is 1. The molecule has 1 amide bonds. The summed E-state index contributed by atoms with van der Waals surface area (Å²) < 4.78 is 31.8. The number of aryl methyl sites for hydroxylation is 2. The highest BCUT2D eigenvalue weighted by Gasteiger charge is 2.30. The standard InChI is InChI=1S/C19H27N3O5S/c1-13(2)19(5,12-20)22-17(23)11-27-18(24)8-9-21-28(25,26)16-7-6-14(3)10-15(16)4/h6-7,10,13,21H,8-9,11H2,1-5H3,(H,22,23)/t19-/m0/s1. The summed E-state index contributed by atoms with van der Waals surface area (Å²) in [5.41, 5.74) is 0.492. The Balaban J connectivity index is 2.49. The predicted octanol–water partition coefficient (Wildman–Crippen LogP) is 1.57. The predicted molar refractivity (Wildman–Crippen MR) is 104 cm³/mol. The first-order valence-corrected chi connectivity index (χ1v) is 10.3. The number of benzene rings is 1. The molecule has 0 spiro atoms. The van der Waals surface area contributed by atoms with Crippen LogP contribution >= 0.6 is 0 Å². The van der Waals surface area contributed by atoms with E-state index in [0.717, 1.165) is 5.56 Å². The molecule has 1 aromatic rings. The fourth-order valence-electron chi connectivity index (χ4n) is 2.31. The number of nitrogens with one attached hydrogen (secondary N) is 2. The number of carbonyl (C=O) groups excluding carboxylic acids is 2. The highest BCUT2D eigenvalue weighted by Crippen LogP contribution is 2.16. The van der Waals surface area contributed by atoms with Gasteiger partial charge in [-0.15, -0.1) is 0 Å². The minimum absolute atomic E-state index is 0.128. The van der Waals surface area contributed by atoms with Crippen molar-refractivity contribution >= 4 is 21.9 Å². The van der Waals surface area contributed by atoms with Crippen molar-refractivity contribution in [2.45, 2.75) is 51.5 Å². The van der Waals surface area contributed by atoms with Crippen LogP contribution in [0.3, 0.4) is 0 Å². The fourth-order valence-corrected chi connectivity index (χ4v) is 3.57. The number of hydrogen-bond donors (Lipinski definition) is 2. The van der Waals surface area contributed by atoms with Gasteiger partial charge in [-0.1, -0.05) is 31.5 Å². The van der Waals surface area contributed by atoms with Crippen LogP contribution in [0, 0.1) is 31.1 Å². The first-order chi connectivity index (χ1) is 12.9. The quantitative estimate of drug-likeness (QED) is 0.596. The van der Waals surface area contributed by atoms with Crippen molar-refractivity contribution in [3.63, 3.8) is 0 Å². The summed E-state index contributed by atoms with van der Waals surface area (Å²) in [6.07, 6.45) is -0.225. The molecule has 28 heavy (non-hydrogen) atoms. The van der Waals surface area contributed by atoms with Crippen molar-refractivity contribution in [1.82, 2.24) is 10.0 Å². The number of hydrogen-bond acceptors (Lipinski definition) is 6.